The van der Waals surface area contributed by atoms with Crippen LogP contribution in [-0.4, -0.2) is 9.55 Å². The Balaban J connectivity index is 2.24. The van der Waals surface area contributed by atoms with Crippen molar-refractivity contribution in [3.05, 3.63) is 67.0 Å². The van der Waals surface area contributed by atoms with Gasteiger partial charge in [0.25, 0.3) is 0 Å². The summed E-state index contributed by atoms with van der Waals surface area (Å²) in [5, 5.41) is 0. The fourth-order valence-electron chi connectivity index (χ4n) is 1.95. The van der Waals surface area contributed by atoms with Crippen LogP contribution in [0.2, 0.25) is 4.34 Å². The molecule has 96 valence electrons. The molecule has 0 spiro atoms. The highest BCUT2D eigenvalue weighted by atomic mass is 35.5. The fraction of sp³-hybridized carbons (Fsp3) is 0.0769. The van der Waals surface area contributed by atoms with E-state index in [1.807, 2.05) is 30.3 Å². The summed E-state index contributed by atoms with van der Waals surface area (Å²) in [5.41, 5.74) is 0.426. The smallest absolute Gasteiger partial charge is 0.308 e. The number of hydrogen-bond donors (Lipinski definition) is 1. The number of H-pyrrole nitrogens is 1. The number of thiophene rings is 1. The van der Waals surface area contributed by atoms with E-state index in [0.717, 1.165) is 5.56 Å². The van der Waals surface area contributed by atoms with E-state index < -0.39 is 11.1 Å². The number of aromatic amines is 1. The molecule has 0 aliphatic carbocycles. The monoisotopic (exact) mass is 292 g/mol. The minimum atomic E-state index is -0.623. The van der Waals surface area contributed by atoms with Crippen molar-refractivity contribution in [1.82, 2.24) is 9.55 Å². The number of fused-ring (bicyclic) bond motifs is 1. The highest BCUT2D eigenvalue weighted by Crippen LogP contribution is 2.26. The Morgan fingerprint density at radius 1 is 1.21 bits per heavy atom. The van der Waals surface area contributed by atoms with E-state index >= 15 is 0 Å². The lowest BCUT2D eigenvalue weighted by Crippen LogP contribution is -2.36. The van der Waals surface area contributed by atoms with Gasteiger partial charge in [0.2, 0.25) is 0 Å². The Bertz CT molecular complexity index is 848. The topological polar surface area (TPSA) is 54.9 Å². The number of hydrogen-bond acceptors (Lipinski definition) is 3. The van der Waals surface area contributed by atoms with Crippen LogP contribution in [0.4, 0.5) is 0 Å². The molecule has 0 unspecified atom stereocenters. The summed E-state index contributed by atoms with van der Waals surface area (Å²) in [7, 11) is 0. The SMILES string of the molecule is O=c1[nH]c2sc(Cl)cc2n(Cc2ccccc2)c1=O. The van der Waals surface area contributed by atoms with Gasteiger partial charge in [-0.05, 0) is 11.6 Å². The zero-order chi connectivity index (χ0) is 13.4. The molecule has 0 bridgehead atoms. The molecule has 0 saturated carbocycles. The second kappa shape index (κ2) is 4.68. The lowest BCUT2D eigenvalue weighted by Gasteiger charge is -2.06. The lowest BCUT2D eigenvalue weighted by molar-refractivity contribution is 0.778. The molecule has 4 nitrogen and oxygen atoms in total. The predicted molar refractivity (Wildman–Crippen MR) is 77.3 cm³/mol. The third kappa shape index (κ3) is 2.22. The Morgan fingerprint density at radius 3 is 2.68 bits per heavy atom. The van der Waals surface area contributed by atoms with Gasteiger partial charge in [-0.25, -0.2) is 0 Å². The summed E-state index contributed by atoms with van der Waals surface area (Å²) in [5.74, 6) is 0. The third-order valence-electron chi connectivity index (χ3n) is 2.82. The minimum absolute atomic E-state index is 0.354. The molecule has 1 N–H and O–H groups in total. The van der Waals surface area contributed by atoms with Crippen LogP contribution in [0.5, 0.6) is 0 Å². The van der Waals surface area contributed by atoms with Gasteiger partial charge in [-0.2, -0.15) is 0 Å². The van der Waals surface area contributed by atoms with Crippen molar-refractivity contribution < 1.29 is 0 Å². The van der Waals surface area contributed by atoms with Crippen LogP contribution < -0.4 is 11.1 Å². The van der Waals surface area contributed by atoms with E-state index in [-0.39, 0.29) is 0 Å². The predicted octanol–water partition coefficient (Wildman–Crippen LogP) is 2.45. The third-order valence-corrected chi connectivity index (χ3v) is 3.99. The second-order valence-corrected chi connectivity index (χ2v) is 5.78. The van der Waals surface area contributed by atoms with Crippen molar-refractivity contribution in [2.45, 2.75) is 6.54 Å². The zero-order valence-corrected chi connectivity index (χ0v) is 11.3. The first kappa shape index (κ1) is 12.2. The first-order valence-corrected chi connectivity index (χ1v) is 6.80. The summed E-state index contributed by atoms with van der Waals surface area (Å²) >= 11 is 7.19. The Labute approximate surface area is 116 Å². The molecule has 0 aliphatic heterocycles. The van der Waals surface area contributed by atoms with Gasteiger partial charge in [0.1, 0.15) is 4.83 Å². The van der Waals surface area contributed by atoms with Crippen LogP contribution in [0.15, 0.2) is 46.0 Å². The van der Waals surface area contributed by atoms with Crippen molar-refractivity contribution >= 4 is 33.3 Å². The zero-order valence-electron chi connectivity index (χ0n) is 9.72. The summed E-state index contributed by atoms with van der Waals surface area (Å²) in [4.78, 5) is 26.8. The summed E-state index contributed by atoms with van der Waals surface area (Å²) < 4.78 is 1.99. The molecule has 0 saturated heterocycles. The van der Waals surface area contributed by atoms with Gasteiger partial charge in [-0.3, -0.25) is 14.2 Å². The second-order valence-electron chi connectivity index (χ2n) is 4.10. The average Bonchev–Trinajstić information content (AvgIpc) is 2.76. The summed E-state index contributed by atoms with van der Waals surface area (Å²) in [6.07, 6.45) is 0. The molecule has 3 aromatic rings. The maximum absolute atomic E-state index is 12.0. The average molecular weight is 293 g/mol. The molecule has 0 atom stereocenters. The highest BCUT2D eigenvalue weighted by Gasteiger charge is 2.10. The number of aromatic nitrogens is 2. The Hall–Kier alpha value is -1.85. The first-order chi connectivity index (χ1) is 9.15. The van der Waals surface area contributed by atoms with Crippen molar-refractivity contribution in [2.24, 2.45) is 0 Å². The van der Waals surface area contributed by atoms with Gasteiger partial charge >= 0.3 is 11.1 Å². The Kier molecular flexibility index (Phi) is 3.00. The molecule has 2 aromatic heterocycles. The van der Waals surface area contributed by atoms with Crippen LogP contribution in [-0.2, 0) is 6.54 Å². The van der Waals surface area contributed by atoms with E-state index in [0.29, 0.717) is 21.2 Å². The van der Waals surface area contributed by atoms with Gasteiger partial charge < -0.3 is 4.98 Å². The van der Waals surface area contributed by atoms with Crippen molar-refractivity contribution in [1.29, 1.82) is 0 Å². The number of benzene rings is 1. The molecule has 3 rings (SSSR count). The maximum Gasteiger partial charge on any atom is 0.317 e. The van der Waals surface area contributed by atoms with Gasteiger partial charge in [-0.15, -0.1) is 11.3 Å². The lowest BCUT2D eigenvalue weighted by atomic mass is 10.2. The molecule has 0 radical (unpaired) electrons. The van der Waals surface area contributed by atoms with Crippen LogP contribution in [0.1, 0.15) is 5.56 Å². The first-order valence-electron chi connectivity index (χ1n) is 5.61. The Morgan fingerprint density at radius 2 is 1.95 bits per heavy atom. The number of halogens is 1. The molecule has 1 aromatic carbocycles. The molecule has 0 amide bonds. The van der Waals surface area contributed by atoms with Crippen LogP contribution in [0.3, 0.4) is 0 Å². The quantitative estimate of drug-likeness (QED) is 0.738. The van der Waals surface area contributed by atoms with Crippen LogP contribution >= 0.6 is 22.9 Å². The highest BCUT2D eigenvalue weighted by molar-refractivity contribution is 7.22. The molecular formula is C13H9ClN2O2S. The number of nitrogens with one attached hydrogen (secondary N) is 1. The standard InChI is InChI=1S/C13H9ClN2O2S/c14-10-6-9-12(19-10)15-11(17)13(18)16(9)7-8-4-2-1-3-5-8/h1-6H,7H2,(H,15,17). The number of nitrogens with zero attached hydrogens (tertiary/aromatic N) is 1. The van der Waals surface area contributed by atoms with Crippen molar-refractivity contribution in [3.8, 4) is 0 Å². The molecule has 6 heteroatoms. The van der Waals surface area contributed by atoms with E-state index in [4.69, 9.17) is 11.6 Å². The minimum Gasteiger partial charge on any atom is -0.308 e. The maximum atomic E-state index is 12.0. The van der Waals surface area contributed by atoms with E-state index in [2.05, 4.69) is 4.98 Å². The molecule has 0 aliphatic rings. The van der Waals surface area contributed by atoms with Gasteiger partial charge in [0.15, 0.2) is 0 Å². The van der Waals surface area contributed by atoms with E-state index in [1.54, 1.807) is 6.07 Å². The molecule has 19 heavy (non-hydrogen) atoms. The van der Waals surface area contributed by atoms with Gasteiger partial charge in [0.05, 0.1) is 16.4 Å². The molecule has 0 fully saturated rings. The van der Waals surface area contributed by atoms with Crippen LogP contribution in [0.25, 0.3) is 10.3 Å². The van der Waals surface area contributed by atoms with E-state index in [9.17, 15) is 9.59 Å². The largest absolute Gasteiger partial charge is 0.317 e. The molecule has 2 heterocycles. The van der Waals surface area contributed by atoms with Crippen molar-refractivity contribution in [3.63, 3.8) is 0 Å². The summed E-state index contributed by atoms with van der Waals surface area (Å²) in [6, 6.07) is 11.2. The fourth-order valence-corrected chi connectivity index (χ4v) is 3.07. The molecular weight excluding hydrogens is 284 g/mol. The van der Waals surface area contributed by atoms with Crippen molar-refractivity contribution in [2.75, 3.05) is 0 Å². The normalized spacial score (nSPS) is 11.0. The van der Waals surface area contributed by atoms with Gasteiger partial charge in [0, 0.05) is 0 Å². The number of rotatable bonds is 2. The van der Waals surface area contributed by atoms with Crippen LogP contribution in [0, 0.1) is 0 Å². The van der Waals surface area contributed by atoms with Gasteiger partial charge in [-0.1, -0.05) is 41.9 Å². The van der Waals surface area contributed by atoms with E-state index in [1.165, 1.54) is 15.9 Å². The summed E-state index contributed by atoms with van der Waals surface area (Å²) in [6.45, 7) is 0.354.